The number of rotatable bonds is 4. The zero-order valence-electron chi connectivity index (χ0n) is 13.7. The summed E-state index contributed by atoms with van der Waals surface area (Å²) in [7, 11) is 0. The van der Waals surface area contributed by atoms with E-state index in [1.165, 1.54) is 15.9 Å². The first-order chi connectivity index (χ1) is 13.0. The number of hydrogen-bond donors (Lipinski definition) is 3. The predicted molar refractivity (Wildman–Crippen MR) is 95.6 cm³/mol. The minimum absolute atomic E-state index is 0.139. The molecule has 0 aliphatic carbocycles. The third-order valence-corrected chi connectivity index (χ3v) is 5.11. The number of carbonyl (C=O) groups excluding carboxylic acids is 1. The summed E-state index contributed by atoms with van der Waals surface area (Å²) >= 11 is 1.34. The summed E-state index contributed by atoms with van der Waals surface area (Å²) in [5, 5.41) is 24.1. The molecular weight excluding hydrogens is 374 g/mol. The number of carboxylic acid groups (broad SMARTS) is 1. The molecule has 0 bridgehead atoms. The monoisotopic (exact) mass is 387 g/mol. The van der Waals surface area contributed by atoms with E-state index in [0.29, 0.717) is 16.3 Å². The van der Waals surface area contributed by atoms with E-state index in [2.05, 4.69) is 10.3 Å². The summed E-state index contributed by atoms with van der Waals surface area (Å²) in [4.78, 5) is 40.5. The molecule has 1 amide bonds. The van der Waals surface area contributed by atoms with Gasteiger partial charge in [0.05, 0.1) is 5.52 Å². The van der Waals surface area contributed by atoms with Gasteiger partial charge in [0, 0.05) is 17.0 Å². The highest BCUT2D eigenvalue weighted by Gasteiger charge is 2.32. The quantitative estimate of drug-likeness (QED) is 0.608. The highest BCUT2D eigenvalue weighted by atomic mass is 32.1. The Morgan fingerprint density at radius 3 is 2.93 bits per heavy atom. The maximum Gasteiger partial charge on any atom is 0.322 e. The molecule has 10 heteroatoms. The van der Waals surface area contributed by atoms with Crippen molar-refractivity contribution in [3.05, 3.63) is 50.7 Å². The van der Waals surface area contributed by atoms with Crippen LogP contribution >= 0.6 is 11.3 Å². The van der Waals surface area contributed by atoms with E-state index < -0.39 is 41.3 Å². The molecule has 9 nitrogen and oxygen atoms in total. The van der Waals surface area contributed by atoms with E-state index in [1.807, 2.05) is 0 Å². The second kappa shape index (κ2) is 6.40. The minimum atomic E-state index is -1.26. The van der Waals surface area contributed by atoms with Crippen LogP contribution in [0.5, 0.6) is 11.5 Å². The van der Waals surface area contributed by atoms with Crippen molar-refractivity contribution >= 4 is 34.1 Å². The van der Waals surface area contributed by atoms with Crippen molar-refractivity contribution in [1.29, 1.82) is 0 Å². The maximum atomic E-state index is 13.1. The minimum Gasteiger partial charge on any atom is -0.506 e. The van der Waals surface area contributed by atoms with Crippen LogP contribution in [0, 0.1) is 0 Å². The second-order valence-corrected chi connectivity index (χ2v) is 6.75. The number of amides is 1. The first-order valence-electron chi connectivity index (χ1n) is 7.91. The Hall–Kier alpha value is -3.40. The Labute approximate surface area is 155 Å². The van der Waals surface area contributed by atoms with Crippen molar-refractivity contribution in [1.82, 2.24) is 14.9 Å². The molecule has 1 aliphatic heterocycles. The number of thiazole rings is 1. The van der Waals surface area contributed by atoms with Crippen LogP contribution in [0.1, 0.15) is 21.4 Å². The Morgan fingerprint density at radius 1 is 1.41 bits per heavy atom. The number of pyridine rings is 1. The van der Waals surface area contributed by atoms with E-state index in [1.54, 1.807) is 29.8 Å². The maximum absolute atomic E-state index is 13.1. The SMILES string of the molecule is O=C(O)CNC(=O)c1c(O)c2cccc3c2n(c1=O)C(c1nccs1)CO3. The van der Waals surface area contributed by atoms with Gasteiger partial charge in [-0.15, -0.1) is 11.3 Å². The van der Waals surface area contributed by atoms with Gasteiger partial charge < -0.3 is 20.3 Å². The van der Waals surface area contributed by atoms with E-state index in [0.717, 1.165) is 0 Å². The molecule has 27 heavy (non-hydrogen) atoms. The first-order valence-corrected chi connectivity index (χ1v) is 8.79. The van der Waals surface area contributed by atoms with E-state index in [9.17, 15) is 19.5 Å². The summed E-state index contributed by atoms with van der Waals surface area (Å²) in [5.74, 6) is -2.33. The van der Waals surface area contributed by atoms with Crippen molar-refractivity contribution < 1.29 is 24.5 Å². The number of ether oxygens (including phenoxy) is 1. The topological polar surface area (TPSA) is 131 Å². The normalized spacial score (nSPS) is 15.3. The van der Waals surface area contributed by atoms with Crippen LogP contribution in [0.25, 0.3) is 10.9 Å². The predicted octanol–water partition coefficient (Wildman–Crippen LogP) is 0.960. The smallest absolute Gasteiger partial charge is 0.322 e. The van der Waals surface area contributed by atoms with Crippen LogP contribution in [-0.2, 0) is 4.79 Å². The largest absolute Gasteiger partial charge is 0.506 e. The molecule has 1 atom stereocenters. The van der Waals surface area contributed by atoms with Crippen molar-refractivity contribution in [3.63, 3.8) is 0 Å². The number of aromatic nitrogens is 2. The van der Waals surface area contributed by atoms with Crippen LogP contribution in [-0.4, -0.2) is 44.8 Å². The number of nitrogens with one attached hydrogen (secondary N) is 1. The molecule has 0 fully saturated rings. The molecule has 4 rings (SSSR count). The van der Waals surface area contributed by atoms with Gasteiger partial charge in [0.1, 0.15) is 41.3 Å². The van der Waals surface area contributed by atoms with Gasteiger partial charge >= 0.3 is 5.97 Å². The lowest BCUT2D eigenvalue weighted by Crippen LogP contribution is -2.39. The molecule has 0 saturated carbocycles. The number of nitrogens with zero attached hydrogens (tertiary/aromatic N) is 2. The van der Waals surface area contributed by atoms with E-state index in [4.69, 9.17) is 9.84 Å². The van der Waals surface area contributed by atoms with Crippen molar-refractivity contribution in [3.8, 4) is 11.5 Å². The lowest BCUT2D eigenvalue weighted by molar-refractivity contribution is -0.135. The van der Waals surface area contributed by atoms with Gasteiger partial charge in [-0.1, -0.05) is 6.07 Å². The third kappa shape index (κ3) is 2.70. The van der Waals surface area contributed by atoms with Crippen molar-refractivity contribution in [2.75, 3.05) is 13.2 Å². The van der Waals surface area contributed by atoms with Gasteiger partial charge in [-0.2, -0.15) is 0 Å². The molecule has 0 saturated heterocycles. The Kier molecular flexibility index (Phi) is 4.04. The number of carboxylic acids is 1. The molecule has 1 aromatic carbocycles. The molecule has 138 valence electrons. The van der Waals surface area contributed by atoms with Crippen LogP contribution in [0.2, 0.25) is 0 Å². The molecule has 0 radical (unpaired) electrons. The standard InChI is InChI=1S/C17H13N3O6S/c21-11(22)6-19-15(24)12-14(23)8-2-1-3-10-13(8)20(17(12)25)9(7-26-10)16-18-4-5-27-16/h1-5,9,23H,6-7H2,(H,19,24)(H,21,22). The summed E-state index contributed by atoms with van der Waals surface area (Å²) < 4.78 is 7.12. The van der Waals surface area contributed by atoms with Crippen LogP contribution in [0.4, 0.5) is 0 Å². The summed E-state index contributed by atoms with van der Waals surface area (Å²) in [6.07, 6.45) is 1.60. The Bertz CT molecular complexity index is 1120. The van der Waals surface area contributed by atoms with Gasteiger partial charge in [0.2, 0.25) is 0 Å². The van der Waals surface area contributed by atoms with Crippen LogP contribution < -0.4 is 15.6 Å². The first kappa shape index (κ1) is 17.0. The Balaban J connectivity index is 1.99. The summed E-state index contributed by atoms with van der Waals surface area (Å²) in [5.41, 5.74) is -0.885. The fraction of sp³-hybridized carbons (Fsp3) is 0.176. The highest BCUT2D eigenvalue weighted by molar-refractivity contribution is 7.09. The lowest BCUT2D eigenvalue weighted by Gasteiger charge is -2.28. The van der Waals surface area contributed by atoms with Crippen LogP contribution in [0.3, 0.4) is 0 Å². The fourth-order valence-electron chi connectivity index (χ4n) is 3.11. The van der Waals surface area contributed by atoms with Gasteiger partial charge in [0.15, 0.2) is 0 Å². The molecule has 3 N–H and O–H groups in total. The number of para-hydroxylation sites is 1. The number of carbonyl (C=O) groups is 2. The van der Waals surface area contributed by atoms with Crippen molar-refractivity contribution in [2.45, 2.75) is 6.04 Å². The second-order valence-electron chi connectivity index (χ2n) is 5.82. The lowest BCUT2D eigenvalue weighted by atomic mass is 10.1. The van der Waals surface area contributed by atoms with Gasteiger partial charge in [-0.3, -0.25) is 19.0 Å². The Morgan fingerprint density at radius 2 is 2.22 bits per heavy atom. The molecule has 0 spiro atoms. The van der Waals surface area contributed by atoms with E-state index in [-0.39, 0.29) is 12.0 Å². The van der Waals surface area contributed by atoms with Crippen molar-refractivity contribution in [2.24, 2.45) is 0 Å². The van der Waals surface area contributed by atoms with Gasteiger partial charge in [-0.05, 0) is 12.1 Å². The van der Waals surface area contributed by atoms with Gasteiger partial charge in [0.25, 0.3) is 11.5 Å². The number of benzene rings is 1. The number of hydrogen-bond acceptors (Lipinski definition) is 7. The van der Waals surface area contributed by atoms with E-state index >= 15 is 0 Å². The summed E-state index contributed by atoms with van der Waals surface area (Å²) in [6.45, 7) is -0.532. The average Bonchev–Trinajstić information content (AvgIpc) is 3.18. The number of aromatic hydroxyl groups is 1. The molecule has 3 aromatic rings. The zero-order valence-corrected chi connectivity index (χ0v) is 14.5. The van der Waals surface area contributed by atoms with Gasteiger partial charge in [-0.25, -0.2) is 4.98 Å². The van der Waals surface area contributed by atoms with Crippen LogP contribution in [0.15, 0.2) is 34.6 Å². The third-order valence-electron chi connectivity index (χ3n) is 4.24. The fourth-order valence-corrected chi connectivity index (χ4v) is 3.82. The highest BCUT2D eigenvalue weighted by Crippen LogP contribution is 2.38. The molecular formula is C17H13N3O6S. The summed E-state index contributed by atoms with van der Waals surface area (Å²) in [6, 6.07) is 4.29. The number of aliphatic carboxylic acids is 1. The molecule has 1 aliphatic rings. The molecule has 3 heterocycles. The molecule has 1 unspecified atom stereocenters. The molecule has 2 aromatic heterocycles. The average molecular weight is 387 g/mol. The zero-order chi connectivity index (χ0) is 19.1.